The van der Waals surface area contributed by atoms with Crippen molar-refractivity contribution in [1.29, 1.82) is 0 Å². The van der Waals surface area contributed by atoms with Crippen molar-refractivity contribution in [3.63, 3.8) is 0 Å². The van der Waals surface area contributed by atoms with Crippen molar-refractivity contribution in [3.05, 3.63) is 57.5 Å². The Morgan fingerprint density at radius 1 is 1.16 bits per heavy atom. The highest BCUT2D eigenvalue weighted by Gasteiger charge is 2.32. The summed E-state index contributed by atoms with van der Waals surface area (Å²) in [5.41, 5.74) is -1.16. The van der Waals surface area contributed by atoms with E-state index in [1.165, 1.54) is 26.2 Å². The second-order valence-corrected chi connectivity index (χ2v) is 9.46. The predicted molar refractivity (Wildman–Crippen MR) is 106 cm³/mol. The highest BCUT2D eigenvalue weighted by molar-refractivity contribution is 7.89. The lowest BCUT2D eigenvalue weighted by atomic mass is 10.2. The van der Waals surface area contributed by atoms with E-state index in [4.69, 9.17) is 23.2 Å². The Labute approximate surface area is 184 Å². The first kappa shape index (κ1) is 23.3. The molecule has 1 amide bonds. The summed E-state index contributed by atoms with van der Waals surface area (Å²) in [6.45, 7) is -0.321. The van der Waals surface area contributed by atoms with E-state index in [2.05, 4.69) is 15.5 Å². The molecule has 0 fully saturated rings. The molecular weight excluding hydrogens is 482 g/mol. The number of pyridine rings is 1. The SMILES string of the molecule is CN(C)S(=O)(=O)c1ccc(Cl)c(C(=O)NCc2nnc3c(Cl)cc(C(F)(F)F)cn23)c1. The summed E-state index contributed by atoms with van der Waals surface area (Å²) in [4.78, 5) is 12.4. The van der Waals surface area contributed by atoms with E-state index in [0.29, 0.717) is 0 Å². The Morgan fingerprint density at radius 2 is 1.84 bits per heavy atom. The molecule has 3 rings (SSSR count). The van der Waals surface area contributed by atoms with E-state index in [-0.39, 0.29) is 38.5 Å². The van der Waals surface area contributed by atoms with Gasteiger partial charge in [0, 0.05) is 20.3 Å². The van der Waals surface area contributed by atoms with Gasteiger partial charge < -0.3 is 5.32 Å². The van der Waals surface area contributed by atoms with Crippen LogP contribution in [0.15, 0.2) is 35.4 Å². The number of hydrogen-bond acceptors (Lipinski definition) is 5. The van der Waals surface area contributed by atoms with Crippen molar-refractivity contribution >= 4 is 44.8 Å². The first-order chi connectivity index (χ1) is 14.3. The maximum Gasteiger partial charge on any atom is 0.417 e. The maximum absolute atomic E-state index is 13.1. The fraction of sp³-hybridized carbons (Fsp3) is 0.235. The molecule has 0 saturated heterocycles. The van der Waals surface area contributed by atoms with Crippen LogP contribution >= 0.6 is 23.2 Å². The Bertz CT molecular complexity index is 1280. The van der Waals surface area contributed by atoms with Gasteiger partial charge in [-0.3, -0.25) is 9.20 Å². The monoisotopic (exact) mass is 495 g/mol. The van der Waals surface area contributed by atoms with Crippen LogP contribution in [-0.4, -0.2) is 47.3 Å². The summed E-state index contributed by atoms with van der Waals surface area (Å²) in [7, 11) is -1.15. The topological polar surface area (TPSA) is 96.7 Å². The van der Waals surface area contributed by atoms with Crippen LogP contribution in [0.5, 0.6) is 0 Å². The largest absolute Gasteiger partial charge is 0.417 e. The number of rotatable bonds is 5. The summed E-state index contributed by atoms with van der Waals surface area (Å²) < 4.78 is 65.7. The zero-order valence-corrected chi connectivity index (χ0v) is 18.2. The van der Waals surface area contributed by atoms with Gasteiger partial charge >= 0.3 is 6.18 Å². The van der Waals surface area contributed by atoms with Crippen LogP contribution in [0.3, 0.4) is 0 Å². The van der Waals surface area contributed by atoms with Gasteiger partial charge in [0.1, 0.15) is 0 Å². The third-order valence-electron chi connectivity index (χ3n) is 4.23. The number of fused-ring (bicyclic) bond motifs is 1. The fourth-order valence-corrected chi connectivity index (χ4v) is 3.96. The summed E-state index contributed by atoms with van der Waals surface area (Å²) in [5.74, 6) is -0.778. The number of amides is 1. The second-order valence-electron chi connectivity index (χ2n) is 6.50. The van der Waals surface area contributed by atoms with Crippen LogP contribution in [0.4, 0.5) is 13.2 Å². The van der Waals surface area contributed by atoms with E-state index in [0.717, 1.165) is 27.0 Å². The predicted octanol–water partition coefficient (Wildman–Crippen LogP) is 3.24. The standard InChI is InChI=1S/C17H14Cl2F3N5O3S/c1-26(2)31(29,30)10-3-4-12(18)11(6-10)16(28)23-7-14-24-25-15-13(19)5-9(8-27(14)15)17(20,21)22/h3-6,8H,7H2,1-2H3,(H,23,28). The normalized spacial score (nSPS) is 12.5. The molecule has 0 aliphatic heterocycles. The van der Waals surface area contributed by atoms with Crippen LogP contribution in [0, 0.1) is 0 Å². The van der Waals surface area contributed by atoms with Crippen LogP contribution in [-0.2, 0) is 22.7 Å². The lowest BCUT2D eigenvalue weighted by molar-refractivity contribution is -0.137. The fourth-order valence-electron chi connectivity index (χ4n) is 2.58. The average molecular weight is 496 g/mol. The highest BCUT2D eigenvalue weighted by atomic mass is 35.5. The van der Waals surface area contributed by atoms with E-state index in [9.17, 15) is 26.4 Å². The lowest BCUT2D eigenvalue weighted by Crippen LogP contribution is -2.26. The van der Waals surface area contributed by atoms with Crippen molar-refractivity contribution in [2.45, 2.75) is 17.6 Å². The number of hydrogen-bond donors (Lipinski definition) is 1. The maximum atomic E-state index is 13.1. The summed E-state index contributed by atoms with van der Waals surface area (Å²) in [5, 5.41) is 9.66. The first-order valence-electron chi connectivity index (χ1n) is 8.43. The molecule has 2 heterocycles. The molecule has 2 aromatic heterocycles. The summed E-state index contributed by atoms with van der Waals surface area (Å²) in [6, 6.07) is 4.34. The van der Waals surface area contributed by atoms with Gasteiger partial charge in [0.2, 0.25) is 10.0 Å². The van der Waals surface area contributed by atoms with E-state index in [1.54, 1.807) is 0 Å². The molecule has 14 heteroatoms. The zero-order chi connectivity index (χ0) is 23.1. The minimum Gasteiger partial charge on any atom is -0.345 e. The van der Waals surface area contributed by atoms with Crippen molar-refractivity contribution in [1.82, 2.24) is 24.2 Å². The molecule has 0 unspecified atom stereocenters. The number of nitrogens with zero attached hydrogens (tertiary/aromatic N) is 4. The molecule has 8 nitrogen and oxygen atoms in total. The molecule has 0 spiro atoms. The van der Waals surface area contributed by atoms with E-state index < -0.39 is 27.7 Å². The van der Waals surface area contributed by atoms with Crippen LogP contribution < -0.4 is 5.32 Å². The molecule has 0 aliphatic rings. The number of nitrogens with one attached hydrogen (secondary N) is 1. The van der Waals surface area contributed by atoms with Crippen molar-refractivity contribution < 1.29 is 26.4 Å². The zero-order valence-electron chi connectivity index (χ0n) is 15.9. The van der Waals surface area contributed by atoms with Crippen molar-refractivity contribution in [2.24, 2.45) is 0 Å². The van der Waals surface area contributed by atoms with E-state index in [1.807, 2.05) is 0 Å². The molecule has 0 bridgehead atoms. The number of aromatic nitrogens is 3. The van der Waals surface area contributed by atoms with Crippen molar-refractivity contribution in [2.75, 3.05) is 14.1 Å². The number of halogens is 5. The van der Waals surface area contributed by atoms with Gasteiger partial charge in [0.15, 0.2) is 11.5 Å². The lowest BCUT2D eigenvalue weighted by Gasteiger charge is -2.13. The summed E-state index contributed by atoms with van der Waals surface area (Å²) in [6.07, 6.45) is -3.88. The molecular formula is C17H14Cl2F3N5O3S. The molecule has 1 N–H and O–H groups in total. The van der Waals surface area contributed by atoms with Gasteiger partial charge in [-0.25, -0.2) is 12.7 Å². The molecule has 0 saturated carbocycles. The van der Waals surface area contributed by atoms with Crippen LogP contribution in [0.25, 0.3) is 5.65 Å². The molecule has 0 atom stereocenters. The van der Waals surface area contributed by atoms with Gasteiger partial charge in [-0.15, -0.1) is 10.2 Å². The Balaban J connectivity index is 1.90. The Morgan fingerprint density at radius 3 is 2.45 bits per heavy atom. The van der Waals surface area contributed by atoms with Gasteiger partial charge in [-0.1, -0.05) is 23.2 Å². The Hall–Kier alpha value is -2.41. The Kier molecular flexibility index (Phi) is 6.20. The van der Waals surface area contributed by atoms with Crippen LogP contribution in [0.2, 0.25) is 10.0 Å². The molecule has 166 valence electrons. The second kappa shape index (κ2) is 8.26. The number of sulfonamides is 1. The van der Waals surface area contributed by atoms with E-state index >= 15 is 0 Å². The smallest absolute Gasteiger partial charge is 0.345 e. The minimum atomic E-state index is -4.64. The molecule has 0 aliphatic carbocycles. The third kappa shape index (κ3) is 4.61. The third-order valence-corrected chi connectivity index (χ3v) is 6.64. The highest BCUT2D eigenvalue weighted by Crippen LogP contribution is 2.32. The minimum absolute atomic E-state index is 0.0105. The summed E-state index contributed by atoms with van der Waals surface area (Å²) >= 11 is 11.9. The van der Waals surface area contributed by atoms with Gasteiger partial charge in [0.05, 0.1) is 32.6 Å². The average Bonchev–Trinajstić information content (AvgIpc) is 3.09. The molecule has 0 radical (unpaired) electrons. The first-order valence-corrected chi connectivity index (χ1v) is 10.6. The van der Waals surface area contributed by atoms with Crippen molar-refractivity contribution in [3.8, 4) is 0 Å². The van der Waals surface area contributed by atoms with Gasteiger partial charge in [0.25, 0.3) is 5.91 Å². The van der Waals surface area contributed by atoms with Gasteiger partial charge in [-0.2, -0.15) is 13.2 Å². The molecule has 3 aromatic rings. The molecule has 31 heavy (non-hydrogen) atoms. The van der Waals surface area contributed by atoms with Crippen LogP contribution in [0.1, 0.15) is 21.7 Å². The number of benzene rings is 1. The number of alkyl halides is 3. The number of carbonyl (C=O) groups is 1. The number of carbonyl (C=O) groups excluding carboxylic acids is 1. The molecule has 1 aromatic carbocycles. The quantitative estimate of drug-likeness (QED) is 0.585. The van der Waals surface area contributed by atoms with Gasteiger partial charge in [-0.05, 0) is 24.3 Å².